The molecule has 1 aliphatic heterocycles. The van der Waals surface area contributed by atoms with Gasteiger partial charge in [0, 0.05) is 36.8 Å². The summed E-state index contributed by atoms with van der Waals surface area (Å²) in [6.07, 6.45) is 2.41. The Morgan fingerprint density at radius 3 is 3.00 bits per heavy atom. The van der Waals surface area contributed by atoms with Crippen LogP contribution in [0.15, 0.2) is 18.2 Å². The van der Waals surface area contributed by atoms with Crippen molar-refractivity contribution < 1.29 is 18.7 Å². The zero-order chi connectivity index (χ0) is 15.9. The molecule has 1 aromatic rings. The largest absolute Gasteiger partial charge is 0.469 e. The van der Waals surface area contributed by atoms with E-state index in [0.29, 0.717) is 30.2 Å². The lowest BCUT2D eigenvalue weighted by atomic mass is 10.1. The van der Waals surface area contributed by atoms with Crippen molar-refractivity contribution in [2.24, 2.45) is 0 Å². The molecule has 0 aliphatic carbocycles. The van der Waals surface area contributed by atoms with Crippen molar-refractivity contribution in [2.75, 3.05) is 26.8 Å². The van der Waals surface area contributed by atoms with Crippen LogP contribution in [0, 0.1) is 5.82 Å². The number of carbonyl (C=O) groups is 1. The zero-order valence-corrected chi connectivity index (χ0v) is 13.4. The second-order valence-corrected chi connectivity index (χ2v) is 5.80. The van der Waals surface area contributed by atoms with Gasteiger partial charge in [-0.3, -0.25) is 9.69 Å². The number of methoxy groups -OCH3 is 1. The molecule has 1 saturated heterocycles. The average molecular weight is 330 g/mol. The van der Waals surface area contributed by atoms with Gasteiger partial charge >= 0.3 is 5.97 Å². The maximum atomic E-state index is 14.0. The van der Waals surface area contributed by atoms with Crippen molar-refractivity contribution in [3.8, 4) is 0 Å². The summed E-state index contributed by atoms with van der Waals surface area (Å²) >= 11 is 6.09. The van der Waals surface area contributed by atoms with Crippen LogP contribution in [0.2, 0.25) is 5.02 Å². The molecule has 122 valence electrons. The quantitative estimate of drug-likeness (QED) is 0.721. The van der Waals surface area contributed by atoms with Crippen LogP contribution >= 0.6 is 11.6 Å². The minimum atomic E-state index is -0.331. The van der Waals surface area contributed by atoms with Crippen LogP contribution in [-0.4, -0.2) is 43.8 Å². The Labute approximate surface area is 135 Å². The molecule has 6 heteroatoms. The lowest BCUT2D eigenvalue weighted by Gasteiger charge is -2.25. The molecule has 0 spiro atoms. The van der Waals surface area contributed by atoms with Gasteiger partial charge in [-0.05, 0) is 25.0 Å². The zero-order valence-electron chi connectivity index (χ0n) is 12.7. The first-order valence-electron chi connectivity index (χ1n) is 7.44. The van der Waals surface area contributed by atoms with E-state index in [1.54, 1.807) is 12.1 Å². The van der Waals surface area contributed by atoms with E-state index in [-0.39, 0.29) is 24.3 Å². The first kappa shape index (κ1) is 17.2. The van der Waals surface area contributed by atoms with Gasteiger partial charge in [-0.1, -0.05) is 17.7 Å². The number of carbonyl (C=O) groups excluding carboxylic acids is 1. The molecule has 1 atom stereocenters. The maximum absolute atomic E-state index is 14.0. The van der Waals surface area contributed by atoms with Crippen molar-refractivity contribution in [3.05, 3.63) is 34.6 Å². The number of ether oxygens (including phenoxy) is 2. The van der Waals surface area contributed by atoms with Gasteiger partial charge in [0.2, 0.25) is 0 Å². The van der Waals surface area contributed by atoms with Gasteiger partial charge in [0.25, 0.3) is 0 Å². The van der Waals surface area contributed by atoms with Gasteiger partial charge in [-0.2, -0.15) is 0 Å². The fraction of sp³-hybridized carbons (Fsp3) is 0.562. The fourth-order valence-corrected chi connectivity index (χ4v) is 2.79. The van der Waals surface area contributed by atoms with E-state index in [9.17, 15) is 9.18 Å². The highest BCUT2D eigenvalue weighted by molar-refractivity contribution is 6.31. The average Bonchev–Trinajstić information content (AvgIpc) is 3.01. The van der Waals surface area contributed by atoms with Crippen LogP contribution in [0.25, 0.3) is 0 Å². The summed E-state index contributed by atoms with van der Waals surface area (Å²) in [6.45, 7) is 2.25. The minimum Gasteiger partial charge on any atom is -0.469 e. The Hall–Kier alpha value is -1.17. The number of hydrogen-bond donors (Lipinski definition) is 0. The van der Waals surface area contributed by atoms with Crippen LogP contribution in [0.5, 0.6) is 0 Å². The smallest absolute Gasteiger partial charge is 0.306 e. The molecule has 4 nitrogen and oxygen atoms in total. The number of hydrogen-bond acceptors (Lipinski definition) is 4. The molecule has 0 bridgehead atoms. The predicted molar refractivity (Wildman–Crippen MR) is 82.3 cm³/mol. The number of rotatable bonds is 7. The van der Waals surface area contributed by atoms with E-state index in [1.165, 1.54) is 13.2 Å². The topological polar surface area (TPSA) is 38.8 Å². The number of nitrogens with zero attached hydrogens (tertiary/aromatic N) is 1. The van der Waals surface area contributed by atoms with E-state index in [1.807, 2.05) is 4.90 Å². The first-order valence-corrected chi connectivity index (χ1v) is 7.81. The summed E-state index contributed by atoms with van der Waals surface area (Å²) in [5.41, 5.74) is 0.451. The highest BCUT2D eigenvalue weighted by atomic mass is 35.5. The third-order valence-electron chi connectivity index (χ3n) is 3.79. The normalized spacial score (nSPS) is 17.9. The third-order valence-corrected chi connectivity index (χ3v) is 4.14. The highest BCUT2D eigenvalue weighted by Gasteiger charge is 2.21. The highest BCUT2D eigenvalue weighted by Crippen LogP contribution is 2.22. The van der Waals surface area contributed by atoms with Gasteiger partial charge in [0.15, 0.2) is 0 Å². The summed E-state index contributed by atoms with van der Waals surface area (Å²) in [5, 5.41) is 0.399. The van der Waals surface area contributed by atoms with E-state index in [2.05, 4.69) is 4.74 Å². The molecule has 1 unspecified atom stereocenters. The van der Waals surface area contributed by atoms with Gasteiger partial charge in [-0.15, -0.1) is 0 Å². The SMILES string of the molecule is COC(=O)CCN(Cc1c(F)cccc1Cl)CC1CCCO1. The van der Waals surface area contributed by atoms with Crippen molar-refractivity contribution in [3.63, 3.8) is 0 Å². The molecule has 0 aromatic heterocycles. The lowest BCUT2D eigenvalue weighted by Crippen LogP contribution is -2.34. The monoisotopic (exact) mass is 329 g/mol. The first-order chi connectivity index (χ1) is 10.6. The summed E-state index contributed by atoms with van der Waals surface area (Å²) in [6, 6.07) is 4.65. The molecule has 1 heterocycles. The minimum absolute atomic E-state index is 0.128. The van der Waals surface area contributed by atoms with E-state index < -0.39 is 0 Å². The molecule has 1 aromatic carbocycles. The molecule has 0 saturated carbocycles. The standard InChI is InChI=1S/C16H21ClFNO3/c1-21-16(20)7-8-19(10-12-4-3-9-22-12)11-13-14(17)5-2-6-15(13)18/h2,5-6,12H,3-4,7-11H2,1H3. The van der Waals surface area contributed by atoms with Gasteiger partial charge < -0.3 is 9.47 Å². The summed E-state index contributed by atoms with van der Waals surface area (Å²) < 4.78 is 24.3. The maximum Gasteiger partial charge on any atom is 0.306 e. The molecular weight excluding hydrogens is 309 g/mol. The van der Waals surface area contributed by atoms with Crippen molar-refractivity contribution in [1.29, 1.82) is 0 Å². The lowest BCUT2D eigenvalue weighted by molar-refractivity contribution is -0.141. The van der Waals surface area contributed by atoms with Crippen molar-refractivity contribution in [2.45, 2.75) is 31.9 Å². The Kier molecular flexibility index (Phi) is 6.61. The predicted octanol–water partition coefficient (Wildman–Crippen LogP) is 3.02. The van der Waals surface area contributed by atoms with Crippen LogP contribution in [0.4, 0.5) is 4.39 Å². The molecule has 1 fully saturated rings. The molecule has 0 N–H and O–H groups in total. The fourth-order valence-electron chi connectivity index (χ4n) is 2.57. The van der Waals surface area contributed by atoms with Crippen LogP contribution in [0.3, 0.4) is 0 Å². The van der Waals surface area contributed by atoms with Gasteiger partial charge in [0.05, 0.1) is 19.6 Å². The molecule has 2 rings (SSSR count). The van der Waals surface area contributed by atoms with Gasteiger partial charge in [-0.25, -0.2) is 4.39 Å². The van der Waals surface area contributed by atoms with Crippen molar-refractivity contribution in [1.82, 2.24) is 4.90 Å². The molecule has 1 aliphatic rings. The van der Waals surface area contributed by atoms with Crippen LogP contribution < -0.4 is 0 Å². The second-order valence-electron chi connectivity index (χ2n) is 5.40. The summed E-state index contributed by atoms with van der Waals surface area (Å²) in [7, 11) is 1.36. The Bertz CT molecular complexity index is 486. The molecule has 0 amide bonds. The Balaban J connectivity index is 2.03. The Morgan fingerprint density at radius 1 is 1.55 bits per heavy atom. The van der Waals surface area contributed by atoms with E-state index >= 15 is 0 Å². The molecular formula is C16H21ClFNO3. The van der Waals surface area contributed by atoms with Crippen LogP contribution in [-0.2, 0) is 20.8 Å². The summed E-state index contributed by atoms with van der Waals surface area (Å²) in [5.74, 6) is -0.611. The Morgan fingerprint density at radius 2 is 2.36 bits per heavy atom. The summed E-state index contributed by atoms with van der Waals surface area (Å²) in [4.78, 5) is 13.4. The molecule has 0 radical (unpaired) electrons. The van der Waals surface area contributed by atoms with Crippen molar-refractivity contribution >= 4 is 17.6 Å². The second kappa shape index (κ2) is 8.46. The third kappa shape index (κ3) is 4.93. The molecule has 22 heavy (non-hydrogen) atoms. The van der Waals surface area contributed by atoms with Crippen LogP contribution in [0.1, 0.15) is 24.8 Å². The van der Waals surface area contributed by atoms with E-state index in [0.717, 1.165) is 19.4 Å². The number of esters is 1. The number of halogens is 2. The van der Waals surface area contributed by atoms with Gasteiger partial charge in [0.1, 0.15) is 5.82 Å². The van der Waals surface area contributed by atoms with E-state index in [4.69, 9.17) is 16.3 Å². The number of benzene rings is 1.